The highest BCUT2D eigenvalue weighted by atomic mass is 35.5. The van der Waals surface area contributed by atoms with E-state index in [1.54, 1.807) is 0 Å². The summed E-state index contributed by atoms with van der Waals surface area (Å²) in [6, 6.07) is 6.53. The third kappa shape index (κ3) is 3.15. The van der Waals surface area contributed by atoms with Crippen LogP contribution in [0.25, 0.3) is 0 Å². The number of carbonyl (C=O) groups is 1. The molecule has 0 aromatic heterocycles. The Morgan fingerprint density at radius 2 is 1.70 bits per heavy atom. The number of rotatable bonds is 2. The van der Waals surface area contributed by atoms with Crippen molar-refractivity contribution in [2.24, 2.45) is 0 Å². The number of anilines is 2. The van der Waals surface area contributed by atoms with Crippen molar-refractivity contribution < 1.29 is 9.18 Å². The maximum Gasteiger partial charge on any atom is 0.255 e. The molecule has 0 aliphatic heterocycles. The Labute approximate surface area is 129 Å². The summed E-state index contributed by atoms with van der Waals surface area (Å²) in [4.78, 5) is 12.0. The SMILES string of the molecule is Nc1c(Cl)cc(C(=O)Nc2cc(Cl)ccc2F)cc1Cl. The van der Waals surface area contributed by atoms with Crippen LogP contribution in [0, 0.1) is 5.82 Å². The van der Waals surface area contributed by atoms with Crippen molar-refractivity contribution in [3.63, 3.8) is 0 Å². The third-order valence-corrected chi connectivity index (χ3v) is 3.38. The molecule has 0 bridgehead atoms. The second kappa shape index (κ2) is 5.87. The van der Waals surface area contributed by atoms with Crippen LogP contribution in [0.15, 0.2) is 30.3 Å². The zero-order chi connectivity index (χ0) is 14.9. The highest BCUT2D eigenvalue weighted by molar-refractivity contribution is 6.39. The molecule has 2 aromatic carbocycles. The van der Waals surface area contributed by atoms with E-state index in [4.69, 9.17) is 40.5 Å². The standard InChI is InChI=1S/C13H8Cl3FN2O/c14-7-1-2-10(17)11(5-7)19-13(20)6-3-8(15)12(18)9(16)4-6/h1-5H,18H2,(H,19,20). The molecule has 3 N–H and O–H groups in total. The molecule has 1 amide bonds. The predicted molar refractivity (Wildman–Crippen MR) is 80.2 cm³/mol. The van der Waals surface area contributed by atoms with Crippen LogP contribution in [0.4, 0.5) is 15.8 Å². The number of carbonyl (C=O) groups excluding carboxylic acids is 1. The zero-order valence-corrected chi connectivity index (χ0v) is 12.2. The molecule has 0 aliphatic rings. The molecule has 0 saturated heterocycles. The number of hydrogen-bond donors (Lipinski definition) is 2. The molecule has 20 heavy (non-hydrogen) atoms. The molecular formula is C13H8Cl3FN2O. The molecule has 0 heterocycles. The van der Waals surface area contributed by atoms with Gasteiger partial charge in [0.05, 0.1) is 21.4 Å². The van der Waals surface area contributed by atoms with Gasteiger partial charge in [0, 0.05) is 10.6 Å². The van der Waals surface area contributed by atoms with E-state index in [9.17, 15) is 9.18 Å². The number of nitrogens with two attached hydrogens (primary N) is 1. The molecule has 2 rings (SSSR count). The van der Waals surface area contributed by atoms with E-state index in [0.29, 0.717) is 5.02 Å². The van der Waals surface area contributed by atoms with Crippen molar-refractivity contribution in [3.05, 3.63) is 56.8 Å². The van der Waals surface area contributed by atoms with Gasteiger partial charge in [0.2, 0.25) is 0 Å². The van der Waals surface area contributed by atoms with Crippen LogP contribution in [-0.2, 0) is 0 Å². The summed E-state index contributed by atoms with van der Waals surface area (Å²) in [5, 5.41) is 2.98. The Hall–Kier alpha value is -1.49. The van der Waals surface area contributed by atoms with Crippen molar-refractivity contribution in [1.82, 2.24) is 0 Å². The predicted octanol–water partition coefficient (Wildman–Crippen LogP) is 4.62. The van der Waals surface area contributed by atoms with E-state index in [1.807, 2.05) is 0 Å². The van der Waals surface area contributed by atoms with Crippen molar-refractivity contribution in [1.29, 1.82) is 0 Å². The highest BCUT2D eigenvalue weighted by Crippen LogP contribution is 2.29. The molecule has 0 atom stereocenters. The smallest absolute Gasteiger partial charge is 0.255 e. The van der Waals surface area contributed by atoms with Crippen molar-refractivity contribution >= 4 is 52.1 Å². The Morgan fingerprint density at radius 3 is 2.30 bits per heavy atom. The van der Waals surface area contributed by atoms with E-state index < -0.39 is 11.7 Å². The van der Waals surface area contributed by atoms with Gasteiger partial charge >= 0.3 is 0 Å². The molecule has 104 valence electrons. The van der Waals surface area contributed by atoms with Gasteiger partial charge in [-0.25, -0.2) is 4.39 Å². The van der Waals surface area contributed by atoms with Crippen LogP contribution in [0.3, 0.4) is 0 Å². The minimum atomic E-state index is -0.601. The van der Waals surface area contributed by atoms with Gasteiger partial charge in [0.25, 0.3) is 5.91 Å². The summed E-state index contributed by atoms with van der Waals surface area (Å²) in [6.45, 7) is 0. The molecule has 0 radical (unpaired) electrons. The minimum absolute atomic E-state index is 0.0356. The molecule has 0 fully saturated rings. The van der Waals surface area contributed by atoms with E-state index in [2.05, 4.69) is 5.32 Å². The number of amides is 1. The lowest BCUT2D eigenvalue weighted by Crippen LogP contribution is -2.13. The second-order valence-electron chi connectivity index (χ2n) is 3.93. The lowest BCUT2D eigenvalue weighted by molar-refractivity contribution is 0.102. The molecule has 7 heteroatoms. The van der Waals surface area contributed by atoms with Gasteiger partial charge in [-0.05, 0) is 30.3 Å². The summed E-state index contributed by atoms with van der Waals surface area (Å²) in [5.74, 6) is -1.18. The van der Waals surface area contributed by atoms with Gasteiger partial charge in [-0.3, -0.25) is 4.79 Å². The van der Waals surface area contributed by atoms with Crippen LogP contribution in [0.5, 0.6) is 0 Å². The number of nitrogen functional groups attached to an aromatic ring is 1. The largest absolute Gasteiger partial charge is 0.396 e. The molecule has 3 nitrogen and oxygen atoms in total. The highest BCUT2D eigenvalue weighted by Gasteiger charge is 2.13. The normalized spacial score (nSPS) is 10.4. The fraction of sp³-hybridized carbons (Fsp3) is 0. The van der Waals surface area contributed by atoms with Crippen LogP contribution in [0.1, 0.15) is 10.4 Å². The lowest BCUT2D eigenvalue weighted by atomic mass is 10.2. The van der Waals surface area contributed by atoms with Crippen molar-refractivity contribution in [3.8, 4) is 0 Å². The average molecular weight is 334 g/mol. The fourth-order valence-electron chi connectivity index (χ4n) is 1.50. The first-order chi connectivity index (χ1) is 9.38. The number of benzene rings is 2. The molecule has 2 aromatic rings. The van der Waals surface area contributed by atoms with Gasteiger partial charge in [-0.1, -0.05) is 34.8 Å². The number of nitrogens with one attached hydrogen (secondary N) is 1. The Balaban J connectivity index is 2.31. The van der Waals surface area contributed by atoms with Gasteiger partial charge in [-0.2, -0.15) is 0 Å². The summed E-state index contributed by atoms with van der Waals surface area (Å²) < 4.78 is 13.5. The van der Waals surface area contributed by atoms with E-state index in [0.717, 1.165) is 6.07 Å². The van der Waals surface area contributed by atoms with E-state index in [1.165, 1.54) is 24.3 Å². The topological polar surface area (TPSA) is 55.1 Å². The average Bonchev–Trinajstić information content (AvgIpc) is 2.39. The number of halogens is 4. The van der Waals surface area contributed by atoms with Gasteiger partial charge in [0.15, 0.2) is 0 Å². The van der Waals surface area contributed by atoms with Gasteiger partial charge in [-0.15, -0.1) is 0 Å². The molecule has 0 aliphatic carbocycles. The molecule has 0 unspecified atom stereocenters. The summed E-state index contributed by atoms with van der Waals surface area (Å²) in [6.07, 6.45) is 0. The van der Waals surface area contributed by atoms with Crippen LogP contribution >= 0.6 is 34.8 Å². The summed E-state index contributed by atoms with van der Waals surface area (Å²) in [7, 11) is 0. The zero-order valence-electron chi connectivity index (χ0n) is 9.88. The molecular weight excluding hydrogens is 326 g/mol. The van der Waals surface area contributed by atoms with Crippen LogP contribution in [0.2, 0.25) is 15.1 Å². The Kier molecular flexibility index (Phi) is 4.38. The molecule has 0 saturated carbocycles. The fourth-order valence-corrected chi connectivity index (χ4v) is 2.16. The summed E-state index contributed by atoms with van der Waals surface area (Å²) >= 11 is 17.4. The quantitative estimate of drug-likeness (QED) is 0.788. The maximum atomic E-state index is 13.5. The first kappa shape index (κ1) is 14.9. The van der Waals surface area contributed by atoms with Gasteiger partial charge < -0.3 is 11.1 Å². The minimum Gasteiger partial charge on any atom is -0.396 e. The van der Waals surface area contributed by atoms with Crippen molar-refractivity contribution in [2.75, 3.05) is 11.1 Å². The van der Waals surface area contributed by atoms with Crippen molar-refractivity contribution in [2.45, 2.75) is 0 Å². The Bertz CT molecular complexity index is 668. The summed E-state index contributed by atoms with van der Waals surface area (Å²) in [5.41, 5.74) is 5.88. The monoisotopic (exact) mass is 332 g/mol. The first-order valence-electron chi connectivity index (χ1n) is 5.39. The van der Waals surface area contributed by atoms with Crippen LogP contribution < -0.4 is 11.1 Å². The first-order valence-corrected chi connectivity index (χ1v) is 6.53. The van der Waals surface area contributed by atoms with Crippen LogP contribution in [-0.4, -0.2) is 5.91 Å². The van der Waals surface area contributed by atoms with Gasteiger partial charge in [0.1, 0.15) is 5.82 Å². The second-order valence-corrected chi connectivity index (χ2v) is 5.18. The Morgan fingerprint density at radius 1 is 1.10 bits per heavy atom. The lowest BCUT2D eigenvalue weighted by Gasteiger charge is -2.09. The maximum absolute atomic E-state index is 13.5. The van der Waals surface area contributed by atoms with E-state index >= 15 is 0 Å². The number of hydrogen-bond acceptors (Lipinski definition) is 2. The molecule has 0 spiro atoms. The van der Waals surface area contributed by atoms with E-state index in [-0.39, 0.29) is 27.0 Å². The third-order valence-electron chi connectivity index (χ3n) is 2.52.